The number of hydrogen-bond acceptors (Lipinski definition) is 6. The summed E-state index contributed by atoms with van der Waals surface area (Å²) in [7, 11) is -3.18. The maximum atomic E-state index is 12.5. The molecule has 1 fully saturated rings. The standard InChI is InChI=1S/C18H23N3O3S3/c1-14-3-5-15(6-4-14)12-25-18-19-16(13-26-18)11-17(22)20-7-9-21(10-8-20)27(2,23)24/h3-6,13H,7-12H2,1-2H3. The average molecular weight is 426 g/mol. The van der Waals surface area contributed by atoms with Crippen LogP contribution < -0.4 is 0 Å². The first-order valence-corrected chi connectivity index (χ1v) is 12.4. The first kappa shape index (κ1) is 20.3. The van der Waals surface area contributed by atoms with Crippen LogP contribution in [-0.2, 0) is 27.0 Å². The molecular formula is C18H23N3O3S3. The predicted molar refractivity (Wildman–Crippen MR) is 110 cm³/mol. The van der Waals surface area contributed by atoms with E-state index in [4.69, 9.17) is 0 Å². The average Bonchev–Trinajstić information content (AvgIpc) is 3.08. The minimum Gasteiger partial charge on any atom is -0.340 e. The lowest BCUT2D eigenvalue weighted by molar-refractivity contribution is -0.131. The zero-order valence-electron chi connectivity index (χ0n) is 15.4. The molecule has 1 aliphatic heterocycles. The maximum Gasteiger partial charge on any atom is 0.228 e. The lowest BCUT2D eigenvalue weighted by Crippen LogP contribution is -2.50. The number of sulfonamides is 1. The zero-order chi connectivity index (χ0) is 19.4. The second kappa shape index (κ2) is 8.72. The maximum absolute atomic E-state index is 12.5. The van der Waals surface area contributed by atoms with Crippen molar-refractivity contribution in [1.82, 2.24) is 14.2 Å². The zero-order valence-corrected chi connectivity index (χ0v) is 17.9. The molecule has 3 rings (SSSR count). The number of rotatable bonds is 6. The fourth-order valence-electron chi connectivity index (χ4n) is 2.80. The van der Waals surface area contributed by atoms with Gasteiger partial charge in [0.2, 0.25) is 15.9 Å². The molecule has 0 radical (unpaired) electrons. The van der Waals surface area contributed by atoms with Crippen LogP contribution in [0.15, 0.2) is 34.0 Å². The Morgan fingerprint density at radius 3 is 2.48 bits per heavy atom. The van der Waals surface area contributed by atoms with Crippen molar-refractivity contribution in [3.63, 3.8) is 0 Å². The topological polar surface area (TPSA) is 70.6 Å². The molecule has 0 saturated carbocycles. The van der Waals surface area contributed by atoms with Gasteiger partial charge < -0.3 is 4.90 Å². The Balaban J connectivity index is 1.49. The van der Waals surface area contributed by atoms with Gasteiger partial charge in [0, 0.05) is 37.3 Å². The van der Waals surface area contributed by atoms with Gasteiger partial charge in [0.15, 0.2) is 0 Å². The number of benzene rings is 1. The summed E-state index contributed by atoms with van der Waals surface area (Å²) in [6.45, 7) is 3.66. The molecule has 2 heterocycles. The summed E-state index contributed by atoms with van der Waals surface area (Å²) in [6, 6.07) is 8.45. The van der Waals surface area contributed by atoms with E-state index in [0.29, 0.717) is 26.2 Å². The number of amides is 1. The number of aryl methyl sites for hydroxylation is 1. The van der Waals surface area contributed by atoms with Gasteiger partial charge in [0.1, 0.15) is 4.34 Å². The molecule has 1 aromatic heterocycles. The first-order valence-electron chi connectivity index (χ1n) is 8.67. The summed E-state index contributed by atoms with van der Waals surface area (Å²) in [4.78, 5) is 18.7. The van der Waals surface area contributed by atoms with Gasteiger partial charge in [0.25, 0.3) is 0 Å². The summed E-state index contributed by atoms with van der Waals surface area (Å²) in [6.07, 6.45) is 1.47. The van der Waals surface area contributed by atoms with Crippen LogP contribution >= 0.6 is 23.1 Å². The molecule has 27 heavy (non-hydrogen) atoms. The van der Waals surface area contributed by atoms with E-state index in [9.17, 15) is 13.2 Å². The number of hydrogen-bond donors (Lipinski definition) is 0. The highest BCUT2D eigenvalue weighted by atomic mass is 32.2. The Morgan fingerprint density at radius 2 is 1.85 bits per heavy atom. The van der Waals surface area contributed by atoms with Gasteiger partial charge in [0.05, 0.1) is 18.4 Å². The molecule has 6 nitrogen and oxygen atoms in total. The first-order chi connectivity index (χ1) is 12.8. The Labute approximate surface area is 168 Å². The van der Waals surface area contributed by atoms with Crippen LogP contribution in [0.3, 0.4) is 0 Å². The highest BCUT2D eigenvalue weighted by molar-refractivity contribution is 8.00. The largest absolute Gasteiger partial charge is 0.340 e. The van der Waals surface area contributed by atoms with Crippen molar-refractivity contribution in [2.24, 2.45) is 0 Å². The Bertz CT molecular complexity index is 886. The van der Waals surface area contributed by atoms with Gasteiger partial charge in [-0.15, -0.1) is 11.3 Å². The van der Waals surface area contributed by atoms with Crippen LogP contribution in [0.25, 0.3) is 0 Å². The van der Waals surface area contributed by atoms with E-state index in [1.54, 1.807) is 28.0 Å². The molecule has 0 spiro atoms. The summed E-state index contributed by atoms with van der Waals surface area (Å²) in [5, 5.41) is 1.93. The van der Waals surface area contributed by atoms with E-state index in [2.05, 4.69) is 36.2 Å². The van der Waals surface area contributed by atoms with Crippen LogP contribution in [0, 0.1) is 6.92 Å². The van der Waals surface area contributed by atoms with Gasteiger partial charge in [-0.2, -0.15) is 4.31 Å². The molecule has 0 unspecified atom stereocenters. The molecule has 0 N–H and O–H groups in total. The minimum atomic E-state index is -3.18. The van der Waals surface area contributed by atoms with Crippen molar-refractivity contribution in [2.75, 3.05) is 32.4 Å². The third-order valence-corrected chi connectivity index (χ3v) is 7.85. The molecule has 0 aliphatic carbocycles. The molecule has 1 amide bonds. The molecule has 0 atom stereocenters. The van der Waals surface area contributed by atoms with E-state index >= 15 is 0 Å². The van der Waals surface area contributed by atoms with Crippen LogP contribution in [0.1, 0.15) is 16.8 Å². The summed E-state index contributed by atoms with van der Waals surface area (Å²) in [5.41, 5.74) is 3.28. The molecule has 1 aromatic carbocycles. The van der Waals surface area contributed by atoms with Crippen LogP contribution in [0.5, 0.6) is 0 Å². The summed E-state index contributed by atoms with van der Waals surface area (Å²) >= 11 is 3.23. The Hall–Kier alpha value is -1.42. The minimum absolute atomic E-state index is 0.00327. The smallest absolute Gasteiger partial charge is 0.228 e. The highest BCUT2D eigenvalue weighted by Crippen LogP contribution is 2.26. The summed E-state index contributed by atoms with van der Waals surface area (Å²) in [5.74, 6) is 0.859. The van der Waals surface area contributed by atoms with Crippen LogP contribution in [-0.4, -0.2) is 60.9 Å². The second-order valence-electron chi connectivity index (χ2n) is 6.60. The Morgan fingerprint density at radius 1 is 1.19 bits per heavy atom. The lowest BCUT2D eigenvalue weighted by Gasteiger charge is -2.33. The van der Waals surface area contributed by atoms with Gasteiger partial charge in [-0.3, -0.25) is 4.79 Å². The van der Waals surface area contributed by atoms with Crippen LogP contribution in [0.4, 0.5) is 0 Å². The van der Waals surface area contributed by atoms with E-state index < -0.39 is 10.0 Å². The third kappa shape index (κ3) is 5.78. The molecule has 1 saturated heterocycles. The number of carbonyl (C=O) groups is 1. The molecule has 2 aromatic rings. The molecular weight excluding hydrogens is 402 g/mol. The monoisotopic (exact) mass is 425 g/mol. The van der Waals surface area contributed by atoms with E-state index in [-0.39, 0.29) is 12.3 Å². The van der Waals surface area contributed by atoms with Crippen molar-refractivity contribution in [3.8, 4) is 0 Å². The summed E-state index contributed by atoms with van der Waals surface area (Å²) < 4.78 is 25.5. The van der Waals surface area contributed by atoms with E-state index in [1.165, 1.54) is 21.7 Å². The molecule has 1 aliphatic rings. The SMILES string of the molecule is Cc1ccc(CSc2nc(CC(=O)N3CCN(S(C)(=O)=O)CC3)cs2)cc1. The van der Waals surface area contributed by atoms with Gasteiger partial charge >= 0.3 is 0 Å². The fraction of sp³-hybridized carbons (Fsp3) is 0.444. The molecule has 146 valence electrons. The van der Waals surface area contributed by atoms with Crippen LogP contribution in [0.2, 0.25) is 0 Å². The molecule has 0 bridgehead atoms. The van der Waals surface area contributed by atoms with Crippen molar-refractivity contribution >= 4 is 39.0 Å². The third-order valence-electron chi connectivity index (χ3n) is 4.41. The van der Waals surface area contributed by atoms with Crippen molar-refractivity contribution in [3.05, 3.63) is 46.5 Å². The highest BCUT2D eigenvalue weighted by Gasteiger charge is 2.26. The number of piperazine rings is 1. The van der Waals surface area contributed by atoms with Gasteiger partial charge in [-0.05, 0) is 12.5 Å². The quantitative estimate of drug-likeness (QED) is 0.665. The van der Waals surface area contributed by atoms with Crippen molar-refractivity contribution < 1.29 is 13.2 Å². The Kier molecular flexibility index (Phi) is 6.56. The lowest BCUT2D eigenvalue weighted by atomic mass is 10.2. The predicted octanol–water partition coefficient (Wildman–Crippen LogP) is 2.39. The van der Waals surface area contributed by atoms with E-state index in [0.717, 1.165) is 15.8 Å². The normalized spacial score (nSPS) is 15.9. The van der Waals surface area contributed by atoms with Crippen molar-refractivity contribution in [2.45, 2.75) is 23.4 Å². The number of aromatic nitrogens is 1. The fourth-order valence-corrected chi connectivity index (χ4v) is 5.43. The van der Waals surface area contributed by atoms with Gasteiger partial charge in [-0.25, -0.2) is 13.4 Å². The number of thioether (sulfide) groups is 1. The van der Waals surface area contributed by atoms with Crippen molar-refractivity contribution in [1.29, 1.82) is 0 Å². The van der Waals surface area contributed by atoms with E-state index in [1.807, 2.05) is 5.38 Å². The van der Waals surface area contributed by atoms with Gasteiger partial charge in [-0.1, -0.05) is 41.6 Å². The number of nitrogens with zero attached hydrogens (tertiary/aromatic N) is 3. The molecule has 9 heteroatoms. The number of thiazole rings is 1. The second-order valence-corrected chi connectivity index (χ2v) is 10.7. The number of carbonyl (C=O) groups excluding carboxylic acids is 1.